The van der Waals surface area contributed by atoms with Crippen molar-refractivity contribution in [3.05, 3.63) is 64.4 Å². The molecule has 3 N–H and O–H groups in total. The van der Waals surface area contributed by atoms with Gasteiger partial charge in [0.05, 0.1) is 17.5 Å². The summed E-state index contributed by atoms with van der Waals surface area (Å²) in [5.41, 5.74) is 4.06. The SMILES string of the molecule is CN/C=C(/Cc1cc(CC2CC2)n(C)n1)C(=N)c1ccc(F)cc1[C@@H](C)O. The second-order valence-corrected chi connectivity index (χ2v) is 7.32. The van der Waals surface area contributed by atoms with Gasteiger partial charge in [-0.25, -0.2) is 4.39 Å². The van der Waals surface area contributed by atoms with Crippen LogP contribution in [-0.4, -0.2) is 27.6 Å². The van der Waals surface area contributed by atoms with Crippen LogP contribution in [-0.2, 0) is 19.9 Å². The molecule has 1 atom stereocenters. The number of hydrogen-bond acceptors (Lipinski definition) is 4. The highest BCUT2D eigenvalue weighted by molar-refractivity contribution is 6.11. The number of rotatable bonds is 8. The molecule has 1 heterocycles. The van der Waals surface area contributed by atoms with Gasteiger partial charge in [0.15, 0.2) is 0 Å². The highest BCUT2D eigenvalue weighted by Gasteiger charge is 2.24. The van der Waals surface area contributed by atoms with Crippen molar-refractivity contribution in [1.82, 2.24) is 15.1 Å². The van der Waals surface area contributed by atoms with Gasteiger partial charge in [-0.3, -0.25) is 10.1 Å². The Bertz CT molecular complexity index is 865. The third-order valence-corrected chi connectivity index (χ3v) is 4.97. The third-order valence-electron chi connectivity index (χ3n) is 4.97. The highest BCUT2D eigenvalue weighted by atomic mass is 19.1. The molecule has 0 unspecified atom stereocenters. The van der Waals surface area contributed by atoms with Crippen LogP contribution in [0.3, 0.4) is 0 Å². The van der Waals surface area contributed by atoms with Gasteiger partial charge >= 0.3 is 0 Å². The van der Waals surface area contributed by atoms with Crippen molar-refractivity contribution in [1.29, 1.82) is 5.41 Å². The summed E-state index contributed by atoms with van der Waals surface area (Å²) in [4.78, 5) is 0. The summed E-state index contributed by atoms with van der Waals surface area (Å²) in [7, 11) is 3.74. The van der Waals surface area contributed by atoms with Crippen molar-refractivity contribution in [3.63, 3.8) is 0 Å². The van der Waals surface area contributed by atoms with E-state index in [1.165, 1.54) is 30.7 Å². The van der Waals surface area contributed by atoms with Crippen LogP contribution >= 0.6 is 0 Å². The number of nitrogens with one attached hydrogen (secondary N) is 2. The van der Waals surface area contributed by atoms with E-state index >= 15 is 0 Å². The van der Waals surface area contributed by atoms with Crippen LogP contribution in [0.1, 0.15) is 48.4 Å². The zero-order valence-electron chi connectivity index (χ0n) is 16.1. The van der Waals surface area contributed by atoms with Crippen LogP contribution < -0.4 is 5.32 Å². The predicted octanol–water partition coefficient (Wildman–Crippen LogP) is 3.28. The molecule has 0 spiro atoms. The van der Waals surface area contributed by atoms with E-state index in [0.29, 0.717) is 17.5 Å². The summed E-state index contributed by atoms with van der Waals surface area (Å²) in [5, 5.41) is 26.2. The Morgan fingerprint density at radius 3 is 2.81 bits per heavy atom. The molecule has 1 saturated carbocycles. The molecule has 1 aromatic heterocycles. The summed E-state index contributed by atoms with van der Waals surface area (Å²) < 4.78 is 15.5. The zero-order chi connectivity index (χ0) is 19.6. The van der Waals surface area contributed by atoms with Gasteiger partial charge in [-0.1, -0.05) is 0 Å². The molecule has 0 amide bonds. The van der Waals surface area contributed by atoms with Crippen LogP contribution in [0.5, 0.6) is 0 Å². The molecule has 0 aliphatic heterocycles. The molecule has 3 rings (SSSR count). The van der Waals surface area contributed by atoms with Gasteiger partial charge < -0.3 is 10.4 Å². The first-order valence-corrected chi connectivity index (χ1v) is 9.34. The molecule has 0 bridgehead atoms. The van der Waals surface area contributed by atoms with Gasteiger partial charge in [-0.15, -0.1) is 0 Å². The zero-order valence-corrected chi connectivity index (χ0v) is 16.1. The molecule has 0 saturated heterocycles. The minimum absolute atomic E-state index is 0.259. The Kier molecular flexibility index (Phi) is 5.75. The fourth-order valence-corrected chi connectivity index (χ4v) is 3.33. The number of benzene rings is 1. The van der Waals surface area contributed by atoms with Crippen LogP contribution in [0.2, 0.25) is 0 Å². The van der Waals surface area contributed by atoms with E-state index in [1.807, 2.05) is 11.7 Å². The second-order valence-electron chi connectivity index (χ2n) is 7.32. The summed E-state index contributed by atoms with van der Waals surface area (Å²) in [6.45, 7) is 1.58. The normalized spacial score (nSPS) is 15.7. The number of nitrogens with zero attached hydrogens (tertiary/aromatic N) is 2. The summed E-state index contributed by atoms with van der Waals surface area (Å²) in [5.74, 6) is 0.364. The number of allylic oxidation sites excluding steroid dienone is 1. The molecule has 1 aliphatic rings. The molecule has 6 heteroatoms. The topological polar surface area (TPSA) is 73.9 Å². The maximum absolute atomic E-state index is 13.6. The van der Waals surface area contributed by atoms with Gasteiger partial charge in [0.2, 0.25) is 0 Å². The first-order chi connectivity index (χ1) is 12.9. The molecule has 1 aromatic carbocycles. The molecule has 0 radical (unpaired) electrons. The quantitative estimate of drug-likeness (QED) is 0.624. The Hall–Kier alpha value is -2.47. The number of aliphatic hydroxyl groups excluding tert-OH is 1. The lowest BCUT2D eigenvalue weighted by Crippen LogP contribution is -2.14. The van der Waals surface area contributed by atoms with E-state index < -0.39 is 11.9 Å². The van der Waals surface area contributed by atoms with Gasteiger partial charge in [-0.05, 0) is 67.5 Å². The molecule has 2 aromatic rings. The monoisotopic (exact) mass is 370 g/mol. The van der Waals surface area contributed by atoms with Gasteiger partial charge in [0, 0.05) is 38.0 Å². The lowest BCUT2D eigenvalue weighted by atomic mass is 9.93. The maximum atomic E-state index is 13.6. The maximum Gasteiger partial charge on any atom is 0.123 e. The third kappa shape index (κ3) is 4.63. The van der Waals surface area contributed by atoms with E-state index in [-0.39, 0.29) is 5.71 Å². The minimum atomic E-state index is -0.855. The Labute approximate surface area is 159 Å². The molecule has 1 fully saturated rings. The van der Waals surface area contributed by atoms with Crippen LogP contribution in [0.15, 0.2) is 36.0 Å². The number of halogens is 1. The Morgan fingerprint density at radius 2 is 2.19 bits per heavy atom. The number of aryl methyl sites for hydroxylation is 1. The van der Waals surface area contributed by atoms with Crippen molar-refractivity contribution < 1.29 is 9.50 Å². The van der Waals surface area contributed by atoms with E-state index in [9.17, 15) is 9.50 Å². The Balaban J connectivity index is 1.86. The number of hydrogen-bond donors (Lipinski definition) is 3. The van der Waals surface area contributed by atoms with E-state index in [0.717, 1.165) is 23.6 Å². The minimum Gasteiger partial charge on any atom is -0.394 e. The van der Waals surface area contributed by atoms with Crippen LogP contribution in [0.25, 0.3) is 0 Å². The fourth-order valence-electron chi connectivity index (χ4n) is 3.33. The molecule has 5 nitrogen and oxygen atoms in total. The lowest BCUT2D eigenvalue weighted by molar-refractivity contribution is 0.198. The highest BCUT2D eigenvalue weighted by Crippen LogP contribution is 2.32. The van der Waals surface area contributed by atoms with Gasteiger partial charge in [0.25, 0.3) is 0 Å². The van der Waals surface area contributed by atoms with Crippen molar-refractivity contribution >= 4 is 5.71 Å². The number of aromatic nitrogens is 2. The summed E-state index contributed by atoms with van der Waals surface area (Å²) in [6.07, 6.45) is 5.05. The van der Waals surface area contributed by atoms with Crippen molar-refractivity contribution in [2.45, 2.75) is 38.7 Å². The largest absolute Gasteiger partial charge is 0.394 e. The van der Waals surface area contributed by atoms with Crippen LogP contribution in [0.4, 0.5) is 4.39 Å². The van der Waals surface area contributed by atoms with Crippen molar-refractivity contribution in [3.8, 4) is 0 Å². The van der Waals surface area contributed by atoms with E-state index in [1.54, 1.807) is 26.2 Å². The number of aliphatic hydroxyl groups is 1. The second kappa shape index (κ2) is 8.05. The lowest BCUT2D eigenvalue weighted by Gasteiger charge is -2.15. The fraction of sp³-hybridized carbons (Fsp3) is 0.429. The molecular formula is C21H27FN4O. The predicted molar refractivity (Wildman–Crippen MR) is 104 cm³/mol. The average Bonchev–Trinajstić information content (AvgIpc) is 3.37. The molecule has 144 valence electrons. The Morgan fingerprint density at radius 1 is 1.44 bits per heavy atom. The average molecular weight is 370 g/mol. The van der Waals surface area contributed by atoms with E-state index in [2.05, 4.69) is 16.5 Å². The van der Waals surface area contributed by atoms with Crippen LogP contribution in [0, 0.1) is 17.1 Å². The van der Waals surface area contributed by atoms with Gasteiger partial charge in [-0.2, -0.15) is 5.10 Å². The summed E-state index contributed by atoms with van der Waals surface area (Å²) >= 11 is 0. The molecule has 1 aliphatic carbocycles. The molecule has 27 heavy (non-hydrogen) atoms. The standard InChI is InChI=1S/C21H27FN4O/c1-13(27)20-10-16(22)6-7-19(20)21(23)15(12-24-2)9-17-11-18(26(3)25-17)8-14-4-5-14/h6-7,10-14,23-24,27H,4-5,8-9H2,1-3H3/b15-12-,23-21?/t13-/m1/s1. The first-order valence-electron chi connectivity index (χ1n) is 9.34. The van der Waals surface area contributed by atoms with Crippen molar-refractivity contribution in [2.24, 2.45) is 13.0 Å². The van der Waals surface area contributed by atoms with Crippen molar-refractivity contribution in [2.75, 3.05) is 7.05 Å². The smallest absolute Gasteiger partial charge is 0.123 e. The van der Waals surface area contributed by atoms with Gasteiger partial charge in [0.1, 0.15) is 5.82 Å². The van der Waals surface area contributed by atoms with E-state index in [4.69, 9.17) is 5.41 Å². The molecular weight excluding hydrogens is 343 g/mol. The summed E-state index contributed by atoms with van der Waals surface area (Å²) in [6, 6.07) is 6.27. The first kappa shape index (κ1) is 19.3.